The average Bonchev–Trinajstić information content (AvgIpc) is 3.06. The fraction of sp³-hybridized carbons (Fsp3) is 0.238. The Labute approximate surface area is 168 Å². The molecule has 1 N–H and O–H groups in total. The zero-order chi connectivity index (χ0) is 20.1. The average molecular weight is 398 g/mol. The number of carbonyl (C=O) groups is 1. The van der Waals surface area contributed by atoms with E-state index in [1.165, 1.54) is 11.8 Å². The summed E-state index contributed by atoms with van der Waals surface area (Å²) in [5, 5.41) is 3.38. The lowest BCUT2D eigenvalue weighted by Crippen LogP contribution is -2.19. The second-order valence-corrected chi connectivity index (χ2v) is 6.95. The number of hydrogen-bond acceptors (Lipinski definition) is 6. The van der Waals surface area contributed by atoms with Gasteiger partial charge in [-0.2, -0.15) is 0 Å². The summed E-state index contributed by atoms with van der Waals surface area (Å²) < 4.78 is 16.1. The van der Waals surface area contributed by atoms with Gasteiger partial charge in [0.1, 0.15) is 0 Å². The fourth-order valence-electron chi connectivity index (χ4n) is 2.84. The number of para-hydroxylation sites is 1. The number of thioether (sulfide) groups is 1. The molecule has 2 aromatic rings. The molecule has 7 heteroatoms. The molecule has 1 fully saturated rings. The minimum Gasteiger partial charge on any atom is -0.493 e. The summed E-state index contributed by atoms with van der Waals surface area (Å²) in [6.07, 6.45) is 2.65. The molecule has 0 radical (unpaired) electrons. The van der Waals surface area contributed by atoms with Crippen molar-refractivity contribution in [2.75, 3.05) is 21.3 Å². The van der Waals surface area contributed by atoms with Gasteiger partial charge >= 0.3 is 0 Å². The summed E-state index contributed by atoms with van der Waals surface area (Å²) in [4.78, 5) is 17.5. The van der Waals surface area contributed by atoms with Crippen LogP contribution in [-0.4, -0.2) is 32.4 Å². The number of ether oxygens (including phenoxy) is 3. The summed E-state index contributed by atoms with van der Waals surface area (Å²) in [5.74, 6) is 1.38. The van der Waals surface area contributed by atoms with Gasteiger partial charge in [0.2, 0.25) is 5.75 Å². The number of hydrogen-bond donors (Lipinski definition) is 1. The Morgan fingerprint density at radius 1 is 1.07 bits per heavy atom. The van der Waals surface area contributed by atoms with Crippen LogP contribution in [0.2, 0.25) is 0 Å². The number of amidine groups is 1. The molecular formula is C21H22N2O4S. The Morgan fingerprint density at radius 2 is 1.75 bits per heavy atom. The van der Waals surface area contributed by atoms with Crippen molar-refractivity contribution in [1.82, 2.24) is 5.32 Å². The molecule has 0 spiro atoms. The summed E-state index contributed by atoms with van der Waals surface area (Å²) in [6.45, 7) is 2.08. The van der Waals surface area contributed by atoms with Crippen molar-refractivity contribution in [3.05, 3.63) is 52.4 Å². The lowest BCUT2D eigenvalue weighted by molar-refractivity contribution is -0.115. The smallest absolute Gasteiger partial charge is 0.264 e. The number of carbonyl (C=O) groups excluding carboxylic acids is 1. The molecule has 0 atom stereocenters. The molecular weight excluding hydrogens is 376 g/mol. The van der Waals surface area contributed by atoms with Crippen LogP contribution in [0.3, 0.4) is 0 Å². The molecule has 1 aliphatic heterocycles. The number of nitrogens with one attached hydrogen (secondary N) is 1. The van der Waals surface area contributed by atoms with Gasteiger partial charge in [0.15, 0.2) is 16.7 Å². The maximum atomic E-state index is 12.4. The number of benzene rings is 2. The highest BCUT2D eigenvalue weighted by Gasteiger charge is 2.24. The standard InChI is InChI=1S/C21H22N2O4S/c1-5-14-8-6-7-9-15(14)22-21-23-20(24)18(28-21)12-13-10-16(25-2)19(27-4)17(11-13)26-3/h6-12H,5H2,1-4H3,(H,22,23,24). The van der Waals surface area contributed by atoms with Crippen molar-refractivity contribution in [3.8, 4) is 17.2 Å². The first-order valence-electron chi connectivity index (χ1n) is 8.77. The first-order valence-corrected chi connectivity index (χ1v) is 9.58. The molecule has 6 nitrogen and oxygen atoms in total. The van der Waals surface area contributed by atoms with Crippen LogP contribution < -0.4 is 19.5 Å². The quantitative estimate of drug-likeness (QED) is 0.740. The Bertz CT molecular complexity index is 928. The van der Waals surface area contributed by atoms with Crippen molar-refractivity contribution in [2.45, 2.75) is 13.3 Å². The van der Waals surface area contributed by atoms with Crippen LogP contribution in [0.15, 0.2) is 46.3 Å². The summed E-state index contributed by atoms with van der Waals surface area (Å²) in [7, 11) is 4.66. The van der Waals surface area contributed by atoms with Crippen LogP contribution in [0.1, 0.15) is 18.1 Å². The molecule has 0 aromatic heterocycles. The van der Waals surface area contributed by atoms with Crippen molar-refractivity contribution in [2.24, 2.45) is 4.99 Å². The molecule has 146 valence electrons. The third kappa shape index (κ3) is 4.14. The Kier molecular flexibility index (Phi) is 6.26. The van der Waals surface area contributed by atoms with Crippen LogP contribution in [-0.2, 0) is 11.2 Å². The molecule has 1 saturated heterocycles. The van der Waals surface area contributed by atoms with Crippen LogP contribution in [0.4, 0.5) is 5.69 Å². The van der Waals surface area contributed by atoms with E-state index in [0.717, 1.165) is 23.2 Å². The minimum absolute atomic E-state index is 0.188. The second-order valence-electron chi connectivity index (χ2n) is 5.92. The predicted octanol–water partition coefficient (Wildman–Crippen LogP) is 4.17. The first kappa shape index (κ1) is 19.8. The molecule has 1 amide bonds. The van der Waals surface area contributed by atoms with Crippen LogP contribution >= 0.6 is 11.8 Å². The fourth-order valence-corrected chi connectivity index (χ4v) is 3.68. The zero-order valence-corrected chi connectivity index (χ0v) is 17.1. The van der Waals surface area contributed by atoms with E-state index in [-0.39, 0.29) is 5.91 Å². The van der Waals surface area contributed by atoms with E-state index in [1.54, 1.807) is 39.5 Å². The maximum Gasteiger partial charge on any atom is 0.264 e. The van der Waals surface area contributed by atoms with E-state index in [1.807, 2.05) is 24.3 Å². The molecule has 3 rings (SSSR count). The van der Waals surface area contributed by atoms with Gasteiger partial charge in [-0.15, -0.1) is 0 Å². The third-order valence-electron chi connectivity index (χ3n) is 4.23. The highest BCUT2D eigenvalue weighted by molar-refractivity contribution is 8.18. The van der Waals surface area contributed by atoms with Gasteiger partial charge in [0.25, 0.3) is 5.91 Å². The van der Waals surface area contributed by atoms with Gasteiger partial charge in [-0.1, -0.05) is 25.1 Å². The lowest BCUT2D eigenvalue weighted by atomic mass is 10.1. The number of aryl methyl sites for hydroxylation is 1. The van der Waals surface area contributed by atoms with Crippen LogP contribution in [0, 0.1) is 0 Å². The maximum absolute atomic E-state index is 12.4. The highest BCUT2D eigenvalue weighted by atomic mass is 32.2. The summed E-state index contributed by atoms with van der Waals surface area (Å²) in [6, 6.07) is 11.5. The van der Waals surface area contributed by atoms with Crippen LogP contribution in [0.5, 0.6) is 17.2 Å². The Morgan fingerprint density at radius 3 is 2.36 bits per heavy atom. The molecule has 2 aromatic carbocycles. The van der Waals surface area contributed by atoms with Gasteiger partial charge in [0.05, 0.1) is 31.9 Å². The Balaban J connectivity index is 1.92. The van der Waals surface area contributed by atoms with Gasteiger partial charge < -0.3 is 19.5 Å². The van der Waals surface area contributed by atoms with Gasteiger partial charge in [-0.25, -0.2) is 4.99 Å². The number of aliphatic imine (C=N–C) groups is 1. The molecule has 0 bridgehead atoms. The van der Waals surface area contributed by atoms with E-state index >= 15 is 0 Å². The molecule has 0 aliphatic carbocycles. The molecule has 0 unspecified atom stereocenters. The monoisotopic (exact) mass is 398 g/mol. The molecule has 28 heavy (non-hydrogen) atoms. The van der Waals surface area contributed by atoms with Crippen molar-refractivity contribution >= 4 is 34.6 Å². The van der Waals surface area contributed by atoms with Crippen LogP contribution in [0.25, 0.3) is 6.08 Å². The second kappa shape index (κ2) is 8.84. The number of amides is 1. The van der Waals surface area contributed by atoms with E-state index in [2.05, 4.69) is 17.2 Å². The van der Waals surface area contributed by atoms with E-state index in [9.17, 15) is 4.79 Å². The zero-order valence-electron chi connectivity index (χ0n) is 16.2. The van der Waals surface area contributed by atoms with E-state index < -0.39 is 0 Å². The Hall–Kier alpha value is -2.93. The normalized spacial score (nSPS) is 16.4. The lowest BCUT2D eigenvalue weighted by Gasteiger charge is -2.12. The first-order chi connectivity index (χ1) is 13.6. The molecule has 1 heterocycles. The topological polar surface area (TPSA) is 69.2 Å². The van der Waals surface area contributed by atoms with Gasteiger partial charge in [-0.05, 0) is 53.6 Å². The summed E-state index contributed by atoms with van der Waals surface area (Å²) in [5.41, 5.74) is 2.76. The number of rotatable bonds is 6. The predicted molar refractivity (Wildman–Crippen MR) is 113 cm³/mol. The van der Waals surface area contributed by atoms with Crippen molar-refractivity contribution in [1.29, 1.82) is 0 Å². The minimum atomic E-state index is -0.188. The SMILES string of the molecule is CCc1ccccc1N=C1NC(=O)C(=Cc2cc(OC)c(OC)c(OC)c2)S1. The number of nitrogens with zero attached hydrogens (tertiary/aromatic N) is 1. The summed E-state index contributed by atoms with van der Waals surface area (Å²) >= 11 is 1.30. The molecule has 1 aliphatic rings. The number of methoxy groups -OCH3 is 3. The largest absolute Gasteiger partial charge is 0.493 e. The highest BCUT2D eigenvalue weighted by Crippen LogP contribution is 2.39. The van der Waals surface area contributed by atoms with Gasteiger partial charge in [-0.3, -0.25) is 4.79 Å². The van der Waals surface area contributed by atoms with Crippen molar-refractivity contribution < 1.29 is 19.0 Å². The van der Waals surface area contributed by atoms with Gasteiger partial charge in [0, 0.05) is 0 Å². The van der Waals surface area contributed by atoms with E-state index in [0.29, 0.717) is 27.3 Å². The molecule has 0 saturated carbocycles. The van der Waals surface area contributed by atoms with E-state index in [4.69, 9.17) is 14.2 Å². The third-order valence-corrected chi connectivity index (χ3v) is 5.14. The van der Waals surface area contributed by atoms with Crippen molar-refractivity contribution in [3.63, 3.8) is 0 Å².